The van der Waals surface area contributed by atoms with Crippen LogP contribution in [0.1, 0.15) is 44.7 Å². The molecule has 3 amide bonds. The molecule has 4 rings (SSSR count). The minimum absolute atomic E-state index is 0.0673. The summed E-state index contributed by atoms with van der Waals surface area (Å²) in [5.41, 5.74) is 2.12. The Morgan fingerprint density at radius 2 is 1.69 bits per heavy atom. The highest BCUT2D eigenvalue weighted by atomic mass is 19.1. The molecule has 1 unspecified atom stereocenters. The molecule has 0 N–H and O–H groups in total. The summed E-state index contributed by atoms with van der Waals surface area (Å²) in [7, 11) is 0. The van der Waals surface area contributed by atoms with Crippen LogP contribution in [0, 0.1) is 17.6 Å². The number of halogens is 2. The van der Waals surface area contributed by atoms with Crippen LogP contribution in [0.5, 0.6) is 0 Å². The molecule has 0 saturated carbocycles. The fourth-order valence-electron chi connectivity index (χ4n) is 5.48. The highest BCUT2D eigenvalue weighted by Gasteiger charge is 2.37. The number of nitrogens with zero attached hydrogens (tertiary/aromatic N) is 4. The van der Waals surface area contributed by atoms with Gasteiger partial charge in [0.2, 0.25) is 17.7 Å². The van der Waals surface area contributed by atoms with Gasteiger partial charge in [-0.05, 0) is 62.1 Å². The van der Waals surface area contributed by atoms with E-state index in [1.807, 2.05) is 0 Å². The normalized spacial score (nSPS) is 19.3. The third kappa shape index (κ3) is 7.20. The van der Waals surface area contributed by atoms with E-state index in [9.17, 15) is 23.2 Å². The van der Waals surface area contributed by atoms with Crippen molar-refractivity contribution in [1.29, 1.82) is 0 Å². The third-order valence-corrected chi connectivity index (χ3v) is 7.75. The quantitative estimate of drug-likeness (QED) is 0.578. The Bertz CT molecular complexity index is 1190. The zero-order chi connectivity index (χ0) is 28.1. The highest BCUT2D eigenvalue weighted by molar-refractivity contribution is 5.93. The highest BCUT2D eigenvalue weighted by Crippen LogP contribution is 2.27. The molecule has 2 aliphatic rings. The lowest BCUT2D eigenvalue weighted by molar-refractivity contribution is -0.136. The molecule has 0 spiro atoms. The number of fused-ring (bicyclic) bond motifs is 1. The zero-order valence-corrected chi connectivity index (χ0v) is 23.0. The summed E-state index contributed by atoms with van der Waals surface area (Å²) >= 11 is 0. The van der Waals surface area contributed by atoms with Crippen molar-refractivity contribution in [3.05, 3.63) is 65.2 Å². The third-order valence-electron chi connectivity index (χ3n) is 7.75. The van der Waals surface area contributed by atoms with Crippen LogP contribution in [-0.2, 0) is 27.3 Å². The Kier molecular flexibility index (Phi) is 9.32. The van der Waals surface area contributed by atoms with Crippen molar-refractivity contribution >= 4 is 23.4 Å². The minimum Gasteiger partial charge on any atom is -0.342 e. The molecular weight excluding hydrogens is 502 g/mol. The van der Waals surface area contributed by atoms with Crippen molar-refractivity contribution in [2.75, 3.05) is 44.2 Å². The van der Waals surface area contributed by atoms with Crippen molar-refractivity contribution < 1.29 is 23.2 Å². The summed E-state index contributed by atoms with van der Waals surface area (Å²) < 4.78 is 27.5. The van der Waals surface area contributed by atoms with Gasteiger partial charge in [-0.2, -0.15) is 0 Å². The van der Waals surface area contributed by atoms with Crippen molar-refractivity contribution in [1.82, 2.24) is 14.7 Å². The maximum Gasteiger partial charge on any atom is 0.228 e. The summed E-state index contributed by atoms with van der Waals surface area (Å²) in [4.78, 5) is 46.6. The van der Waals surface area contributed by atoms with Gasteiger partial charge in [0, 0.05) is 65.2 Å². The van der Waals surface area contributed by atoms with E-state index >= 15 is 0 Å². The molecular formula is C30H38F2N4O3. The van der Waals surface area contributed by atoms with Gasteiger partial charge >= 0.3 is 0 Å². The number of hydrogen-bond donors (Lipinski definition) is 0. The zero-order valence-electron chi connectivity index (χ0n) is 23.0. The van der Waals surface area contributed by atoms with Gasteiger partial charge < -0.3 is 14.7 Å². The number of likely N-dealkylation sites (tertiary alicyclic amines) is 1. The molecule has 1 atom stereocenters. The number of carbonyl (C=O) groups excluding carboxylic acids is 3. The van der Waals surface area contributed by atoms with Crippen molar-refractivity contribution in [3.8, 4) is 0 Å². The first-order valence-corrected chi connectivity index (χ1v) is 13.7. The second kappa shape index (κ2) is 12.7. The summed E-state index contributed by atoms with van der Waals surface area (Å²) in [6, 6.07) is 10.8. The smallest absolute Gasteiger partial charge is 0.228 e. The van der Waals surface area contributed by atoms with Crippen LogP contribution >= 0.6 is 0 Å². The Hall–Kier alpha value is -3.33. The van der Waals surface area contributed by atoms with E-state index in [-0.39, 0.29) is 42.5 Å². The number of amides is 3. The SMILES string of the molecule is CC(=O)N1CCCN(C(C)C)CCN(C(=O)C2CC(=O)N(CCc3ccc(F)cc3)C2)Cc2ccc(F)cc21. The maximum atomic E-state index is 14.3. The predicted molar refractivity (Wildman–Crippen MR) is 146 cm³/mol. The molecule has 0 radical (unpaired) electrons. The monoisotopic (exact) mass is 540 g/mol. The number of benzene rings is 2. The van der Waals surface area contributed by atoms with Gasteiger partial charge in [0.05, 0.1) is 11.6 Å². The van der Waals surface area contributed by atoms with Gasteiger partial charge in [0.1, 0.15) is 11.6 Å². The van der Waals surface area contributed by atoms with Crippen molar-refractivity contribution in [3.63, 3.8) is 0 Å². The summed E-state index contributed by atoms with van der Waals surface area (Å²) in [5.74, 6) is -1.56. The largest absolute Gasteiger partial charge is 0.342 e. The lowest BCUT2D eigenvalue weighted by Crippen LogP contribution is -2.43. The Morgan fingerprint density at radius 1 is 0.974 bits per heavy atom. The minimum atomic E-state index is -0.476. The van der Waals surface area contributed by atoms with Gasteiger partial charge in [-0.3, -0.25) is 19.3 Å². The predicted octanol–water partition coefficient (Wildman–Crippen LogP) is 3.85. The molecule has 9 heteroatoms. The lowest BCUT2D eigenvalue weighted by atomic mass is 10.1. The van der Waals surface area contributed by atoms with Crippen LogP contribution in [0.25, 0.3) is 0 Å². The van der Waals surface area contributed by atoms with Gasteiger partial charge in [0.15, 0.2) is 0 Å². The van der Waals surface area contributed by atoms with Gasteiger partial charge in [0.25, 0.3) is 0 Å². The molecule has 0 aromatic heterocycles. The van der Waals surface area contributed by atoms with Gasteiger partial charge in [-0.1, -0.05) is 18.2 Å². The van der Waals surface area contributed by atoms with E-state index in [1.54, 1.807) is 32.9 Å². The molecule has 0 bridgehead atoms. The molecule has 2 heterocycles. The van der Waals surface area contributed by atoms with E-state index in [0.29, 0.717) is 50.4 Å². The van der Waals surface area contributed by atoms with E-state index < -0.39 is 11.7 Å². The second-order valence-corrected chi connectivity index (χ2v) is 10.8. The van der Waals surface area contributed by atoms with Crippen LogP contribution in [-0.4, -0.2) is 77.7 Å². The summed E-state index contributed by atoms with van der Waals surface area (Å²) in [6.45, 7) is 9.04. The lowest BCUT2D eigenvalue weighted by Gasteiger charge is -2.31. The van der Waals surface area contributed by atoms with Gasteiger partial charge in [-0.15, -0.1) is 0 Å². The molecule has 2 aliphatic heterocycles. The Morgan fingerprint density at radius 3 is 2.38 bits per heavy atom. The number of hydrogen-bond acceptors (Lipinski definition) is 4. The molecule has 2 aromatic rings. The topological polar surface area (TPSA) is 64.2 Å². The first kappa shape index (κ1) is 28.7. The van der Waals surface area contributed by atoms with Crippen LogP contribution in [0.3, 0.4) is 0 Å². The Balaban J connectivity index is 1.54. The molecule has 210 valence electrons. The molecule has 1 saturated heterocycles. The maximum absolute atomic E-state index is 14.3. The Labute approximate surface area is 229 Å². The number of anilines is 1. The average molecular weight is 541 g/mol. The molecule has 0 aliphatic carbocycles. The van der Waals surface area contributed by atoms with Crippen LogP contribution in [0.4, 0.5) is 14.5 Å². The van der Waals surface area contributed by atoms with Crippen molar-refractivity contribution in [2.24, 2.45) is 5.92 Å². The van der Waals surface area contributed by atoms with Gasteiger partial charge in [-0.25, -0.2) is 8.78 Å². The number of carbonyl (C=O) groups is 3. The van der Waals surface area contributed by atoms with E-state index in [1.165, 1.54) is 31.2 Å². The van der Waals surface area contributed by atoms with E-state index in [4.69, 9.17) is 0 Å². The first-order chi connectivity index (χ1) is 18.6. The average Bonchev–Trinajstić information content (AvgIpc) is 3.25. The molecule has 39 heavy (non-hydrogen) atoms. The standard InChI is InChI=1S/C30H38F2N4O3/c1-21(2)33-12-4-13-36(22(3)37)28-18-27(32)10-7-24(28)19-35(16-15-33)30(39)25-17-29(38)34(20-25)14-11-23-5-8-26(31)9-6-23/h5-10,18,21,25H,4,11-17,19-20H2,1-3H3. The van der Waals surface area contributed by atoms with Crippen LogP contribution < -0.4 is 4.90 Å². The fourth-order valence-corrected chi connectivity index (χ4v) is 5.48. The molecule has 1 fully saturated rings. The van der Waals surface area contributed by atoms with Crippen LogP contribution in [0.15, 0.2) is 42.5 Å². The van der Waals surface area contributed by atoms with Crippen LogP contribution in [0.2, 0.25) is 0 Å². The first-order valence-electron chi connectivity index (χ1n) is 13.7. The summed E-state index contributed by atoms with van der Waals surface area (Å²) in [6.07, 6.45) is 1.45. The van der Waals surface area contributed by atoms with E-state index in [0.717, 1.165) is 18.5 Å². The van der Waals surface area contributed by atoms with E-state index in [2.05, 4.69) is 18.7 Å². The second-order valence-electron chi connectivity index (χ2n) is 10.8. The summed E-state index contributed by atoms with van der Waals surface area (Å²) in [5, 5.41) is 0. The number of rotatable bonds is 5. The fraction of sp³-hybridized carbons (Fsp3) is 0.500. The molecule has 2 aromatic carbocycles. The van der Waals surface area contributed by atoms with Crippen molar-refractivity contribution in [2.45, 2.75) is 52.6 Å². The molecule has 7 nitrogen and oxygen atoms in total.